The number of thioether (sulfide) groups is 1. The summed E-state index contributed by atoms with van der Waals surface area (Å²) in [6.45, 7) is 1.40. The molecular formula is C16H28N4O8S. The Kier molecular flexibility index (Phi) is 13.4. The lowest BCUT2D eigenvalue weighted by Crippen LogP contribution is -2.50. The molecule has 3 amide bonds. The van der Waals surface area contributed by atoms with Crippen LogP contribution in [0.5, 0.6) is 0 Å². The summed E-state index contributed by atoms with van der Waals surface area (Å²) in [4.78, 5) is 57.3. The van der Waals surface area contributed by atoms with E-state index in [9.17, 15) is 29.2 Å². The fraction of sp³-hybridized carbons (Fsp3) is 0.688. The molecule has 7 N–H and O–H groups in total. The predicted molar refractivity (Wildman–Crippen MR) is 103 cm³/mol. The predicted octanol–water partition coefficient (Wildman–Crippen LogP) is -0.401. The maximum atomic E-state index is 12.1. The molecule has 2 atom stereocenters. The normalized spacial score (nSPS) is 12.5. The molecule has 0 aliphatic rings. The number of nitrogens with two attached hydrogens (primary N) is 1. The maximum Gasteiger partial charge on any atom is 0.322 e. The van der Waals surface area contributed by atoms with Crippen molar-refractivity contribution in [3.8, 4) is 0 Å². The second-order valence-corrected chi connectivity index (χ2v) is 7.09. The van der Waals surface area contributed by atoms with E-state index in [1.54, 1.807) is 0 Å². The molecule has 13 heteroatoms. The summed E-state index contributed by atoms with van der Waals surface area (Å²) in [7, 11) is 0. The number of aliphatic carboxylic acids is 2. The first kappa shape index (κ1) is 26.6. The van der Waals surface area contributed by atoms with Gasteiger partial charge in [-0.15, -0.1) is 0 Å². The molecule has 29 heavy (non-hydrogen) atoms. The van der Waals surface area contributed by atoms with Crippen LogP contribution in [-0.4, -0.2) is 80.4 Å². The van der Waals surface area contributed by atoms with Crippen LogP contribution < -0.4 is 16.4 Å². The number of nitrogens with one attached hydrogen (secondary N) is 2. The summed E-state index contributed by atoms with van der Waals surface area (Å²) in [5.74, 6) is -4.35. The second kappa shape index (κ2) is 14.6. The molecule has 2 unspecified atom stereocenters. The Hall–Kier alpha value is -2.38. The Morgan fingerprint density at radius 1 is 1.14 bits per heavy atom. The molecule has 0 fully saturated rings. The Labute approximate surface area is 172 Å². The molecule has 0 aromatic rings. The van der Waals surface area contributed by atoms with Gasteiger partial charge in [0.1, 0.15) is 18.6 Å². The summed E-state index contributed by atoms with van der Waals surface area (Å²) < 4.78 is 0. The van der Waals surface area contributed by atoms with Gasteiger partial charge in [0.25, 0.3) is 0 Å². The molecule has 0 bridgehead atoms. The van der Waals surface area contributed by atoms with Crippen LogP contribution in [0.3, 0.4) is 0 Å². The highest BCUT2D eigenvalue weighted by molar-refractivity contribution is 8.13. The lowest BCUT2D eigenvalue weighted by Gasteiger charge is -2.19. The van der Waals surface area contributed by atoms with Crippen molar-refractivity contribution in [3.63, 3.8) is 0 Å². The molecule has 0 saturated carbocycles. The van der Waals surface area contributed by atoms with Crippen molar-refractivity contribution in [2.24, 2.45) is 5.73 Å². The molecule has 0 spiro atoms. The van der Waals surface area contributed by atoms with Crippen LogP contribution in [0, 0.1) is 0 Å². The van der Waals surface area contributed by atoms with E-state index in [4.69, 9.17) is 15.9 Å². The van der Waals surface area contributed by atoms with E-state index in [1.165, 1.54) is 0 Å². The van der Waals surface area contributed by atoms with Crippen LogP contribution >= 0.6 is 11.8 Å². The minimum absolute atomic E-state index is 0.120. The van der Waals surface area contributed by atoms with Gasteiger partial charge in [-0.25, -0.2) is 5.06 Å². The van der Waals surface area contributed by atoms with Crippen molar-refractivity contribution in [2.45, 2.75) is 51.1 Å². The average Bonchev–Trinajstić information content (AvgIpc) is 2.66. The highest BCUT2D eigenvalue weighted by Gasteiger charge is 2.24. The van der Waals surface area contributed by atoms with Gasteiger partial charge in [0, 0.05) is 18.7 Å². The molecule has 0 aromatic carbocycles. The third-order valence-electron chi connectivity index (χ3n) is 3.62. The SMILES string of the molecule is CCCCCN(O)C(=O)SCC(NC(=O)CCC(N)C(=O)O)C(=O)NCC(=O)O. The lowest BCUT2D eigenvalue weighted by molar-refractivity contribution is -0.139. The molecule has 0 rings (SSSR count). The monoisotopic (exact) mass is 436 g/mol. The first-order valence-corrected chi connectivity index (χ1v) is 9.97. The summed E-state index contributed by atoms with van der Waals surface area (Å²) in [6, 6.07) is -2.51. The number of unbranched alkanes of at least 4 members (excludes halogenated alkanes) is 2. The number of carbonyl (C=O) groups excluding carboxylic acids is 3. The molecular weight excluding hydrogens is 408 g/mol. The van der Waals surface area contributed by atoms with Crippen molar-refractivity contribution in [2.75, 3.05) is 18.8 Å². The van der Waals surface area contributed by atoms with Gasteiger partial charge in [0.15, 0.2) is 0 Å². The van der Waals surface area contributed by atoms with Crippen LogP contribution in [0.1, 0.15) is 39.0 Å². The standard InChI is InChI=1S/C16H28N4O8S/c1-2-3-4-7-20(28)16(27)29-9-11(14(24)18-8-13(22)23)19-12(21)6-5-10(17)15(25)26/h10-11,28H,2-9,17H2,1H3,(H,18,24)(H,19,21)(H,22,23)(H,25,26). The topological polar surface area (TPSA) is 199 Å². The third kappa shape index (κ3) is 12.6. The number of amides is 3. The van der Waals surface area contributed by atoms with Crippen molar-refractivity contribution < 1.29 is 39.4 Å². The van der Waals surface area contributed by atoms with Crippen LogP contribution in [0.2, 0.25) is 0 Å². The highest BCUT2D eigenvalue weighted by atomic mass is 32.2. The van der Waals surface area contributed by atoms with Crippen LogP contribution in [0.15, 0.2) is 0 Å². The van der Waals surface area contributed by atoms with Crippen molar-refractivity contribution >= 4 is 40.8 Å². The van der Waals surface area contributed by atoms with Gasteiger partial charge in [-0.3, -0.25) is 29.2 Å². The Bertz CT molecular complexity index is 589. The zero-order valence-corrected chi connectivity index (χ0v) is 16.9. The quantitative estimate of drug-likeness (QED) is 0.118. The number of carboxylic acid groups (broad SMARTS) is 2. The van der Waals surface area contributed by atoms with Crippen molar-refractivity contribution in [1.82, 2.24) is 15.7 Å². The first-order chi connectivity index (χ1) is 13.6. The van der Waals surface area contributed by atoms with Gasteiger partial charge in [-0.1, -0.05) is 31.5 Å². The number of hydrogen-bond acceptors (Lipinski definition) is 8. The van der Waals surface area contributed by atoms with Gasteiger partial charge in [-0.05, 0) is 12.8 Å². The maximum absolute atomic E-state index is 12.1. The van der Waals surface area contributed by atoms with Crippen LogP contribution in [0.4, 0.5) is 4.79 Å². The molecule has 0 saturated heterocycles. The second-order valence-electron chi connectivity index (χ2n) is 6.12. The van der Waals surface area contributed by atoms with Gasteiger partial charge in [0.2, 0.25) is 11.8 Å². The zero-order chi connectivity index (χ0) is 22.4. The minimum Gasteiger partial charge on any atom is -0.480 e. The van der Waals surface area contributed by atoms with E-state index in [-0.39, 0.29) is 25.1 Å². The molecule has 12 nitrogen and oxygen atoms in total. The van der Waals surface area contributed by atoms with Crippen LogP contribution in [-0.2, 0) is 19.2 Å². The van der Waals surface area contributed by atoms with E-state index < -0.39 is 47.6 Å². The average molecular weight is 436 g/mol. The first-order valence-electron chi connectivity index (χ1n) is 8.98. The van der Waals surface area contributed by atoms with E-state index in [1.807, 2.05) is 6.92 Å². The summed E-state index contributed by atoms with van der Waals surface area (Å²) in [5, 5.41) is 31.2. The number of carbonyl (C=O) groups is 5. The fourth-order valence-electron chi connectivity index (χ4n) is 1.98. The van der Waals surface area contributed by atoms with E-state index in [2.05, 4.69) is 10.6 Å². The molecule has 0 aliphatic carbocycles. The Morgan fingerprint density at radius 2 is 1.79 bits per heavy atom. The lowest BCUT2D eigenvalue weighted by atomic mass is 10.1. The van der Waals surface area contributed by atoms with Gasteiger partial charge >= 0.3 is 17.2 Å². The number of hydrogen-bond donors (Lipinski definition) is 6. The van der Waals surface area contributed by atoms with Crippen LogP contribution in [0.25, 0.3) is 0 Å². The number of rotatable bonds is 14. The highest BCUT2D eigenvalue weighted by Crippen LogP contribution is 2.11. The number of hydroxylamine groups is 2. The van der Waals surface area contributed by atoms with Crippen molar-refractivity contribution in [1.29, 1.82) is 0 Å². The number of nitrogens with zero attached hydrogens (tertiary/aromatic N) is 1. The largest absolute Gasteiger partial charge is 0.480 e. The smallest absolute Gasteiger partial charge is 0.322 e. The Morgan fingerprint density at radius 3 is 2.34 bits per heavy atom. The molecule has 0 radical (unpaired) electrons. The van der Waals surface area contributed by atoms with E-state index in [0.717, 1.165) is 12.8 Å². The summed E-state index contributed by atoms with van der Waals surface area (Å²) in [6.07, 6.45) is 1.88. The minimum atomic E-state index is -1.29. The summed E-state index contributed by atoms with van der Waals surface area (Å²) >= 11 is 0.580. The fourth-order valence-corrected chi connectivity index (χ4v) is 2.76. The summed E-state index contributed by atoms with van der Waals surface area (Å²) in [5.41, 5.74) is 5.31. The van der Waals surface area contributed by atoms with Gasteiger partial charge in [0.05, 0.1) is 0 Å². The van der Waals surface area contributed by atoms with Gasteiger partial charge in [-0.2, -0.15) is 0 Å². The molecule has 0 heterocycles. The number of carboxylic acids is 2. The third-order valence-corrected chi connectivity index (χ3v) is 4.58. The van der Waals surface area contributed by atoms with E-state index >= 15 is 0 Å². The van der Waals surface area contributed by atoms with Gasteiger partial charge < -0.3 is 26.6 Å². The molecule has 166 valence electrons. The van der Waals surface area contributed by atoms with E-state index in [0.29, 0.717) is 23.2 Å². The Balaban J connectivity index is 4.77. The zero-order valence-electron chi connectivity index (χ0n) is 16.1. The molecule has 0 aliphatic heterocycles. The molecule has 0 aromatic heterocycles. The van der Waals surface area contributed by atoms with Crippen molar-refractivity contribution in [3.05, 3.63) is 0 Å².